The van der Waals surface area contributed by atoms with Crippen LogP contribution in [0.3, 0.4) is 0 Å². The maximum Gasteiger partial charge on any atom is 0.257 e. The number of carbonyl (C=O) groups excluding carboxylic acids is 1. The van der Waals surface area contributed by atoms with Gasteiger partial charge in [0.05, 0.1) is 5.56 Å². The number of pyridine rings is 1. The van der Waals surface area contributed by atoms with Crippen molar-refractivity contribution in [1.82, 2.24) is 19.5 Å². The quantitative estimate of drug-likeness (QED) is 0.865. The third kappa shape index (κ3) is 4.07. The lowest BCUT2D eigenvalue weighted by Gasteiger charge is -2.30. The second-order valence-corrected chi connectivity index (χ2v) is 7.60. The van der Waals surface area contributed by atoms with Crippen molar-refractivity contribution in [3.05, 3.63) is 23.9 Å². The van der Waals surface area contributed by atoms with Crippen LogP contribution >= 0.6 is 0 Å². The molecule has 1 aliphatic heterocycles. The predicted octanol–water partition coefficient (Wildman–Crippen LogP) is 0.546. The average Bonchev–Trinajstić information content (AvgIpc) is 2.75. The summed E-state index contributed by atoms with van der Waals surface area (Å²) in [7, 11) is -0.193. The zero-order chi connectivity index (χ0) is 17.0. The monoisotopic (exact) mass is 340 g/mol. The van der Waals surface area contributed by atoms with E-state index in [2.05, 4.69) is 28.6 Å². The lowest BCUT2D eigenvalue weighted by atomic mass is 10.1. The fourth-order valence-electron chi connectivity index (χ4n) is 2.80. The van der Waals surface area contributed by atoms with Gasteiger partial charge < -0.3 is 9.80 Å². The number of rotatable bonds is 4. The van der Waals surface area contributed by atoms with Gasteiger partial charge in [-0.15, -0.1) is 0 Å². The molecule has 0 radical (unpaired) electrons. The number of sulfonamides is 1. The summed E-state index contributed by atoms with van der Waals surface area (Å²) in [6, 6.07) is 3.06. The Bertz CT molecular complexity index is 645. The third-order valence-corrected chi connectivity index (χ3v) is 5.49. The summed E-state index contributed by atoms with van der Waals surface area (Å²) in [5.74, 6) is -0.0898. The number of nitrogens with one attached hydrogen (secondary N) is 1. The number of likely N-dealkylation sites (N-methyl/N-ethyl adjacent to an activating group) is 1. The van der Waals surface area contributed by atoms with Crippen LogP contribution in [0.25, 0.3) is 0 Å². The smallest absolute Gasteiger partial charge is 0.257 e. The van der Waals surface area contributed by atoms with Gasteiger partial charge in [0.1, 0.15) is 0 Å². The second kappa shape index (κ2) is 7.37. The molecule has 128 valence electrons. The highest BCUT2D eigenvalue weighted by Crippen LogP contribution is 2.16. The van der Waals surface area contributed by atoms with Crippen LogP contribution in [0.4, 0.5) is 0 Å². The van der Waals surface area contributed by atoms with Crippen LogP contribution in [-0.2, 0) is 10.0 Å². The van der Waals surface area contributed by atoms with E-state index in [9.17, 15) is 13.2 Å². The second-order valence-electron chi connectivity index (χ2n) is 5.77. The molecule has 1 aliphatic rings. The number of hydrogen-bond donors (Lipinski definition) is 1. The third-order valence-electron chi connectivity index (χ3n) is 4.16. The number of aromatic nitrogens is 1. The van der Waals surface area contributed by atoms with Gasteiger partial charge in [-0.3, -0.25) is 4.79 Å². The van der Waals surface area contributed by atoms with Crippen molar-refractivity contribution in [1.29, 1.82) is 0 Å². The highest BCUT2D eigenvalue weighted by Gasteiger charge is 2.27. The largest absolute Gasteiger partial charge is 0.334 e. The molecule has 0 aliphatic carbocycles. The van der Waals surface area contributed by atoms with Gasteiger partial charge >= 0.3 is 0 Å². The standard InChI is InChI=1S/C15H24N4O3S/c1-4-13-11-18(3)8-5-9-19(13)15(20)12-6-7-14(17-10-12)23(21,22)16-2/h6-7,10,13,16H,4-5,8-9,11H2,1-3H3/t13-/m0/s1. The normalized spacial score (nSPS) is 20.3. The van der Waals surface area contributed by atoms with E-state index >= 15 is 0 Å². The molecule has 1 aromatic heterocycles. The molecule has 0 saturated carbocycles. The van der Waals surface area contributed by atoms with E-state index in [0.717, 1.165) is 25.9 Å². The van der Waals surface area contributed by atoms with Crippen molar-refractivity contribution < 1.29 is 13.2 Å². The zero-order valence-corrected chi connectivity index (χ0v) is 14.6. The summed E-state index contributed by atoms with van der Waals surface area (Å²) >= 11 is 0. The van der Waals surface area contributed by atoms with Gasteiger partial charge in [0.15, 0.2) is 5.03 Å². The molecule has 0 bridgehead atoms. The average molecular weight is 340 g/mol. The highest BCUT2D eigenvalue weighted by atomic mass is 32.2. The minimum atomic E-state index is -3.59. The first-order chi connectivity index (χ1) is 10.9. The molecular weight excluding hydrogens is 316 g/mol. The molecule has 0 unspecified atom stereocenters. The summed E-state index contributed by atoms with van der Waals surface area (Å²) in [6.07, 6.45) is 3.15. The molecule has 2 rings (SSSR count). The highest BCUT2D eigenvalue weighted by molar-refractivity contribution is 7.89. The van der Waals surface area contributed by atoms with Crippen molar-refractivity contribution in [2.75, 3.05) is 33.7 Å². The molecule has 7 nitrogen and oxygen atoms in total. The van der Waals surface area contributed by atoms with Crippen LogP contribution in [0.5, 0.6) is 0 Å². The minimum absolute atomic E-state index is 0.0841. The van der Waals surface area contributed by atoms with E-state index in [0.29, 0.717) is 12.1 Å². The number of carbonyl (C=O) groups is 1. The molecule has 1 N–H and O–H groups in total. The molecule has 1 saturated heterocycles. The summed E-state index contributed by atoms with van der Waals surface area (Å²) in [4.78, 5) is 20.8. The van der Waals surface area contributed by atoms with E-state index in [1.807, 2.05) is 4.90 Å². The molecule has 2 heterocycles. The van der Waals surface area contributed by atoms with Gasteiger partial charge in [-0.25, -0.2) is 18.1 Å². The van der Waals surface area contributed by atoms with E-state index in [-0.39, 0.29) is 17.0 Å². The van der Waals surface area contributed by atoms with Gasteiger partial charge in [-0.1, -0.05) is 6.92 Å². The number of hydrogen-bond acceptors (Lipinski definition) is 5. The van der Waals surface area contributed by atoms with Gasteiger partial charge in [-0.05, 0) is 45.6 Å². The first-order valence-corrected chi connectivity index (χ1v) is 9.26. The van der Waals surface area contributed by atoms with E-state index in [1.54, 1.807) is 0 Å². The maximum atomic E-state index is 12.8. The molecule has 1 fully saturated rings. The maximum absolute atomic E-state index is 12.8. The summed E-state index contributed by atoms with van der Waals surface area (Å²) in [6.45, 7) is 4.60. The van der Waals surface area contributed by atoms with Crippen LogP contribution in [-0.4, -0.2) is 68.9 Å². The van der Waals surface area contributed by atoms with E-state index in [4.69, 9.17) is 0 Å². The molecular formula is C15H24N4O3S. The van der Waals surface area contributed by atoms with Gasteiger partial charge in [0.25, 0.3) is 15.9 Å². The van der Waals surface area contributed by atoms with Crippen LogP contribution in [0.1, 0.15) is 30.1 Å². The summed E-state index contributed by atoms with van der Waals surface area (Å²) in [5, 5.41) is -0.0841. The Labute approximate surface area is 137 Å². The Hall–Kier alpha value is -1.51. The molecule has 23 heavy (non-hydrogen) atoms. The summed E-state index contributed by atoms with van der Waals surface area (Å²) < 4.78 is 25.6. The Morgan fingerprint density at radius 1 is 1.39 bits per heavy atom. The van der Waals surface area contributed by atoms with Crippen LogP contribution in [0.2, 0.25) is 0 Å². The molecule has 0 aromatic carbocycles. The summed E-state index contributed by atoms with van der Waals surface area (Å²) in [5.41, 5.74) is 0.419. The first-order valence-electron chi connectivity index (χ1n) is 7.78. The fraction of sp³-hybridized carbons (Fsp3) is 0.600. The van der Waals surface area contributed by atoms with Crippen LogP contribution in [0.15, 0.2) is 23.4 Å². The van der Waals surface area contributed by atoms with Crippen molar-refractivity contribution in [2.45, 2.75) is 30.8 Å². The Morgan fingerprint density at radius 2 is 2.13 bits per heavy atom. The van der Waals surface area contributed by atoms with Crippen LogP contribution < -0.4 is 4.72 Å². The lowest BCUT2D eigenvalue weighted by molar-refractivity contribution is 0.0675. The van der Waals surface area contributed by atoms with E-state index < -0.39 is 10.0 Å². The Balaban J connectivity index is 2.22. The van der Waals surface area contributed by atoms with Gasteiger partial charge in [-0.2, -0.15) is 0 Å². The molecule has 8 heteroatoms. The molecule has 1 atom stereocenters. The topological polar surface area (TPSA) is 82.6 Å². The zero-order valence-electron chi connectivity index (χ0n) is 13.8. The van der Waals surface area contributed by atoms with Gasteiger partial charge in [0, 0.05) is 25.3 Å². The van der Waals surface area contributed by atoms with E-state index in [1.165, 1.54) is 25.4 Å². The molecule has 0 spiro atoms. The van der Waals surface area contributed by atoms with Crippen molar-refractivity contribution in [3.63, 3.8) is 0 Å². The first kappa shape index (κ1) is 17.8. The minimum Gasteiger partial charge on any atom is -0.334 e. The lowest BCUT2D eigenvalue weighted by Crippen LogP contribution is -2.43. The van der Waals surface area contributed by atoms with Crippen molar-refractivity contribution in [2.24, 2.45) is 0 Å². The van der Waals surface area contributed by atoms with Crippen molar-refractivity contribution in [3.8, 4) is 0 Å². The fourth-order valence-corrected chi connectivity index (χ4v) is 3.44. The number of amides is 1. The SMILES string of the molecule is CC[C@H]1CN(C)CCCN1C(=O)c1ccc(S(=O)(=O)NC)nc1. The number of nitrogens with zero attached hydrogens (tertiary/aromatic N) is 3. The van der Waals surface area contributed by atoms with Crippen LogP contribution in [0, 0.1) is 0 Å². The predicted molar refractivity (Wildman–Crippen MR) is 87.7 cm³/mol. The Kier molecular flexibility index (Phi) is 5.72. The Morgan fingerprint density at radius 3 is 2.70 bits per heavy atom. The molecule has 1 amide bonds. The van der Waals surface area contributed by atoms with Gasteiger partial charge in [0.2, 0.25) is 0 Å². The molecule has 1 aromatic rings. The van der Waals surface area contributed by atoms with Crippen molar-refractivity contribution >= 4 is 15.9 Å².